The summed E-state index contributed by atoms with van der Waals surface area (Å²) in [5.41, 5.74) is 3.31. The first-order valence-corrected chi connectivity index (χ1v) is 11.6. The number of amides is 2. The normalized spacial score (nSPS) is 16.4. The van der Waals surface area contributed by atoms with Crippen LogP contribution in [-0.2, 0) is 16.1 Å². The van der Waals surface area contributed by atoms with Gasteiger partial charge in [0.1, 0.15) is 11.5 Å². The number of rotatable bonds is 6. The van der Waals surface area contributed by atoms with E-state index in [1.165, 1.54) is 25.3 Å². The number of hydrogen-bond acceptors (Lipinski definition) is 4. The smallest absolute Gasteiger partial charge is 0.278 e. The van der Waals surface area contributed by atoms with Crippen molar-refractivity contribution in [1.82, 2.24) is 4.90 Å². The summed E-state index contributed by atoms with van der Waals surface area (Å²) in [6, 6.07) is 23.2. The Balaban J connectivity index is 1.44. The molecule has 0 radical (unpaired) electrons. The standard InChI is InChI=1S/C28H26FN3O2/c29-24-12-6-5-11-21(24)19-32-27(33)25(20-9-3-1-4-10-20)26(28(32)34)30-22-13-15-23(16-14-22)31-17-7-2-8-18-31/h1,3-6,9-16,30H,2,7-8,17-19H2. The van der Waals surface area contributed by atoms with Crippen molar-refractivity contribution in [2.45, 2.75) is 25.8 Å². The molecule has 2 aliphatic heterocycles. The molecule has 0 bridgehead atoms. The van der Waals surface area contributed by atoms with Crippen LogP contribution in [0.25, 0.3) is 5.57 Å². The molecule has 5 rings (SSSR count). The Hall–Kier alpha value is -3.93. The average molecular weight is 456 g/mol. The molecule has 1 fully saturated rings. The van der Waals surface area contributed by atoms with Gasteiger partial charge in [-0.1, -0.05) is 48.5 Å². The summed E-state index contributed by atoms with van der Waals surface area (Å²) in [5.74, 6) is -1.35. The summed E-state index contributed by atoms with van der Waals surface area (Å²) >= 11 is 0. The second kappa shape index (κ2) is 9.51. The minimum atomic E-state index is -0.466. The van der Waals surface area contributed by atoms with E-state index in [1.54, 1.807) is 30.3 Å². The van der Waals surface area contributed by atoms with Crippen LogP contribution in [0.4, 0.5) is 15.8 Å². The fraction of sp³-hybridized carbons (Fsp3) is 0.214. The van der Waals surface area contributed by atoms with E-state index in [2.05, 4.69) is 10.2 Å². The predicted molar refractivity (Wildman–Crippen MR) is 131 cm³/mol. The summed E-state index contributed by atoms with van der Waals surface area (Å²) < 4.78 is 14.3. The van der Waals surface area contributed by atoms with Crippen molar-refractivity contribution in [3.8, 4) is 0 Å². The maximum absolute atomic E-state index is 14.3. The van der Waals surface area contributed by atoms with Crippen LogP contribution in [0.3, 0.4) is 0 Å². The van der Waals surface area contributed by atoms with Gasteiger partial charge in [-0.3, -0.25) is 14.5 Å². The lowest BCUT2D eigenvalue weighted by Gasteiger charge is -2.28. The minimum absolute atomic E-state index is 0.125. The van der Waals surface area contributed by atoms with Gasteiger partial charge in [0.15, 0.2) is 0 Å². The van der Waals surface area contributed by atoms with Crippen LogP contribution in [-0.4, -0.2) is 29.8 Å². The molecular formula is C28H26FN3O2. The van der Waals surface area contributed by atoms with E-state index in [4.69, 9.17) is 0 Å². The monoisotopic (exact) mass is 455 g/mol. The van der Waals surface area contributed by atoms with Crippen molar-refractivity contribution in [3.63, 3.8) is 0 Å². The number of anilines is 2. The Morgan fingerprint density at radius 1 is 0.765 bits per heavy atom. The highest BCUT2D eigenvalue weighted by atomic mass is 19.1. The molecule has 5 nitrogen and oxygen atoms in total. The average Bonchev–Trinajstić information content (AvgIpc) is 3.11. The zero-order valence-electron chi connectivity index (χ0n) is 18.8. The Morgan fingerprint density at radius 2 is 1.44 bits per heavy atom. The minimum Gasteiger partial charge on any atom is -0.372 e. The van der Waals surface area contributed by atoms with E-state index in [0.717, 1.165) is 29.4 Å². The zero-order valence-corrected chi connectivity index (χ0v) is 18.8. The predicted octanol–water partition coefficient (Wildman–Crippen LogP) is 5.21. The van der Waals surface area contributed by atoms with Gasteiger partial charge in [0.05, 0.1) is 12.1 Å². The third kappa shape index (κ3) is 4.31. The van der Waals surface area contributed by atoms with Gasteiger partial charge in [-0.15, -0.1) is 0 Å². The summed E-state index contributed by atoms with van der Waals surface area (Å²) in [6.45, 7) is 1.97. The number of carbonyl (C=O) groups is 2. The molecule has 0 aliphatic carbocycles. The quantitative estimate of drug-likeness (QED) is 0.519. The van der Waals surface area contributed by atoms with Crippen LogP contribution in [0.5, 0.6) is 0 Å². The Labute approximate surface area is 198 Å². The molecule has 3 aromatic rings. The fourth-order valence-corrected chi connectivity index (χ4v) is 4.56. The van der Waals surface area contributed by atoms with Crippen molar-refractivity contribution >= 4 is 28.8 Å². The Morgan fingerprint density at radius 3 is 2.15 bits per heavy atom. The van der Waals surface area contributed by atoms with Gasteiger partial charge in [-0.2, -0.15) is 0 Å². The van der Waals surface area contributed by atoms with Gasteiger partial charge in [-0.05, 0) is 55.2 Å². The second-order valence-electron chi connectivity index (χ2n) is 8.62. The third-order valence-electron chi connectivity index (χ3n) is 6.37. The van der Waals surface area contributed by atoms with Crippen molar-refractivity contribution in [3.05, 3.63) is 102 Å². The number of hydrogen-bond donors (Lipinski definition) is 1. The molecule has 0 unspecified atom stereocenters. The van der Waals surface area contributed by atoms with Crippen molar-refractivity contribution in [2.75, 3.05) is 23.3 Å². The van der Waals surface area contributed by atoms with Gasteiger partial charge in [0.25, 0.3) is 11.8 Å². The maximum atomic E-state index is 14.3. The number of nitrogens with zero attached hydrogens (tertiary/aromatic N) is 2. The van der Waals surface area contributed by atoms with E-state index in [9.17, 15) is 14.0 Å². The summed E-state index contributed by atoms with van der Waals surface area (Å²) in [5, 5.41) is 3.19. The second-order valence-corrected chi connectivity index (χ2v) is 8.62. The number of imide groups is 1. The fourth-order valence-electron chi connectivity index (χ4n) is 4.56. The first-order valence-electron chi connectivity index (χ1n) is 11.6. The molecule has 172 valence electrons. The molecule has 2 aliphatic rings. The van der Waals surface area contributed by atoms with E-state index in [0.29, 0.717) is 16.7 Å². The van der Waals surface area contributed by atoms with E-state index in [-0.39, 0.29) is 12.2 Å². The lowest BCUT2D eigenvalue weighted by atomic mass is 10.0. The van der Waals surface area contributed by atoms with E-state index < -0.39 is 17.6 Å². The molecule has 6 heteroatoms. The Kier molecular flexibility index (Phi) is 6.12. The number of nitrogens with one attached hydrogen (secondary N) is 1. The van der Waals surface area contributed by atoms with Crippen molar-refractivity contribution in [1.29, 1.82) is 0 Å². The molecule has 2 heterocycles. The molecule has 0 aromatic heterocycles. The first-order chi connectivity index (χ1) is 16.6. The SMILES string of the molecule is O=C1C(Nc2ccc(N3CCCCC3)cc2)=C(c2ccccc2)C(=O)N1Cc1ccccc1F. The van der Waals surface area contributed by atoms with Crippen LogP contribution in [0.2, 0.25) is 0 Å². The largest absolute Gasteiger partial charge is 0.372 e. The summed E-state index contributed by atoms with van der Waals surface area (Å²) in [7, 11) is 0. The van der Waals surface area contributed by atoms with Crippen LogP contribution in [0.1, 0.15) is 30.4 Å². The van der Waals surface area contributed by atoms with Gasteiger partial charge >= 0.3 is 0 Å². The van der Waals surface area contributed by atoms with Gasteiger partial charge < -0.3 is 10.2 Å². The number of benzene rings is 3. The van der Waals surface area contributed by atoms with Gasteiger partial charge in [0, 0.05) is 30.0 Å². The Bertz CT molecular complexity index is 1230. The van der Waals surface area contributed by atoms with E-state index >= 15 is 0 Å². The lowest BCUT2D eigenvalue weighted by molar-refractivity contribution is -0.137. The van der Waals surface area contributed by atoms with Crippen molar-refractivity contribution < 1.29 is 14.0 Å². The van der Waals surface area contributed by atoms with Crippen LogP contribution in [0, 0.1) is 5.82 Å². The molecule has 2 amide bonds. The molecular weight excluding hydrogens is 429 g/mol. The van der Waals surface area contributed by atoms with Crippen LogP contribution >= 0.6 is 0 Å². The van der Waals surface area contributed by atoms with Crippen LogP contribution < -0.4 is 10.2 Å². The molecule has 1 N–H and O–H groups in total. The molecule has 0 atom stereocenters. The topological polar surface area (TPSA) is 52.7 Å². The third-order valence-corrected chi connectivity index (χ3v) is 6.37. The highest BCUT2D eigenvalue weighted by Gasteiger charge is 2.39. The zero-order chi connectivity index (χ0) is 23.5. The summed E-state index contributed by atoms with van der Waals surface area (Å²) in [6.07, 6.45) is 3.66. The highest BCUT2D eigenvalue weighted by molar-refractivity contribution is 6.36. The van der Waals surface area contributed by atoms with Gasteiger partial charge in [-0.25, -0.2) is 4.39 Å². The van der Waals surface area contributed by atoms with E-state index in [1.807, 2.05) is 42.5 Å². The summed E-state index contributed by atoms with van der Waals surface area (Å²) in [4.78, 5) is 30.2. The van der Waals surface area contributed by atoms with Gasteiger partial charge in [0.2, 0.25) is 0 Å². The number of piperidine rings is 1. The molecule has 0 saturated carbocycles. The first kappa shape index (κ1) is 21.9. The molecule has 34 heavy (non-hydrogen) atoms. The van der Waals surface area contributed by atoms with Crippen molar-refractivity contribution in [2.24, 2.45) is 0 Å². The highest BCUT2D eigenvalue weighted by Crippen LogP contribution is 2.32. The lowest BCUT2D eigenvalue weighted by Crippen LogP contribution is -2.32. The molecule has 0 spiro atoms. The number of carbonyl (C=O) groups excluding carboxylic acids is 2. The number of halogens is 1. The molecule has 1 saturated heterocycles. The van der Waals surface area contributed by atoms with Crippen LogP contribution in [0.15, 0.2) is 84.6 Å². The molecule has 3 aromatic carbocycles. The maximum Gasteiger partial charge on any atom is 0.278 e.